The molecule has 1 aliphatic rings. The van der Waals surface area contributed by atoms with Crippen molar-refractivity contribution in [2.45, 2.75) is 45.6 Å². The molecular formula is C12H20N4OS. The summed E-state index contributed by atoms with van der Waals surface area (Å²) in [5.41, 5.74) is 0. The zero-order valence-corrected chi connectivity index (χ0v) is 11.8. The van der Waals surface area contributed by atoms with Crippen molar-refractivity contribution in [1.29, 1.82) is 0 Å². The minimum absolute atomic E-state index is 0.147. The number of H-pyrrole nitrogens is 1. The third-order valence-electron chi connectivity index (χ3n) is 3.31. The van der Waals surface area contributed by atoms with Crippen molar-refractivity contribution in [1.82, 2.24) is 19.7 Å². The Morgan fingerprint density at radius 1 is 1.39 bits per heavy atom. The lowest BCUT2D eigenvalue weighted by Gasteiger charge is -2.27. The van der Waals surface area contributed by atoms with Crippen molar-refractivity contribution < 1.29 is 4.79 Å². The van der Waals surface area contributed by atoms with Crippen molar-refractivity contribution in [3.8, 4) is 0 Å². The average molecular weight is 268 g/mol. The number of hydrogen-bond acceptors (Lipinski definition) is 3. The number of amides is 1. The lowest BCUT2D eigenvalue weighted by molar-refractivity contribution is -0.132. The number of likely N-dealkylation sites (tertiary alicyclic amines) is 1. The summed E-state index contributed by atoms with van der Waals surface area (Å²) < 4.78 is 2.35. The van der Waals surface area contributed by atoms with Gasteiger partial charge in [0.25, 0.3) is 0 Å². The van der Waals surface area contributed by atoms with Gasteiger partial charge in [0.15, 0.2) is 4.77 Å². The number of carbonyl (C=O) groups is 1. The van der Waals surface area contributed by atoms with Gasteiger partial charge >= 0.3 is 0 Å². The Morgan fingerprint density at radius 3 is 2.67 bits per heavy atom. The molecule has 1 amide bonds. The standard InChI is InChI=1S/C12H20N4OS/c1-9(2)11-13-14-12(18)16(11)8-10(17)15-6-4-3-5-7-15/h9H,3-8H2,1-2H3,(H,14,18). The lowest BCUT2D eigenvalue weighted by atomic mass is 10.1. The average Bonchev–Trinajstić information content (AvgIpc) is 2.72. The Bertz CT molecular complexity index is 471. The molecule has 1 aliphatic heterocycles. The summed E-state index contributed by atoms with van der Waals surface area (Å²) in [5.74, 6) is 1.26. The number of nitrogens with one attached hydrogen (secondary N) is 1. The number of rotatable bonds is 3. The van der Waals surface area contributed by atoms with Crippen molar-refractivity contribution in [3.05, 3.63) is 10.6 Å². The molecular weight excluding hydrogens is 248 g/mol. The molecule has 0 bridgehead atoms. The number of aromatic nitrogens is 3. The number of nitrogens with zero attached hydrogens (tertiary/aromatic N) is 3. The summed E-state index contributed by atoms with van der Waals surface area (Å²) in [4.78, 5) is 14.1. The third-order valence-corrected chi connectivity index (χ3v) is 3.62. The third kappa shape index (κ3) is 2.80. The topological polar surface area (TPSA) is 53.9 Å². The Morgan fingerprint density at radius 2 is 2.06 bits per heavy atom. The summed E-state index contributed by atoms with van der Waals surface area (Å²) in [5, 5.41) is 6.96. The van der Waals surface area contributed by atoms with Crippen LogP contribution in [0.25, 0.3) is 0 Å². The normalized spacial score (nSPS) is 16.3. The summed E-state index contributed by atoms with van der Waals surface area (Å²) in [6, 6.07) is 0. The molecule has 6 heteroatoms. The van der Waals surface area contributed by atoms with Gasteiger partial charge < -0.3 is 4.90 Å². The van der Waals surface area contributed by atoms with Crippen molar-refractivity contribution in [2.75, 3.05) is 13.1 Å². The van der Waals surface area contributed by atoms with Crippen LogP contribution in [0, 0.1) is 4.77 Å². The van der Waals surface area contributed by atoms with Gasteiger partial charge in [-0.1, -0.05) is 13.8 Å². The zero-order valence-electron chi connectivity index (χ0n) is 11.0. The Balaban J connectivity index is 2.11. The Labute approximate surface area is 112 Å². The van der Waals surface area contributed by atoms with E-state index in [0.717, 1.165) is 31.8 Å². The van der Waals surface area contributed by atoms with Crippen LogP contribution in [0.2, 0.25) is 0 Å². The molecule has 100 valence electrons. The highest BCUT2D eigenvalue weighted by Gasteiger charge is 2.19. The van der Waals surface area contributed by atoms with Gasteiger partial charge in [0.1, 0.15) is 12.4 Å². The molecule has 18 heavy (non-hydrogen) atoms. The fourth-order valence-electron chi connectivity index (χ4n) is 2.30. The minimum atomic E-state index is 0.147. The van der Waals surface area contributed by atoms with E-state index >= 15 is 0 Å². The van der Waals surface area contributed by atoms with E-state index in [1.807, 2.05) is 23.3 Å². The van der Waals surface area contributed by atoms with Gasteiger partial charge in [-0.15, -0.1) is 0 Å². The number of piperidine rings is 1. The maximum atomic E-state index is 12.2. The van der Waals surface area contributed by atoms with Gasteiger partial charge in [0, 0.05) is 19.0 Å². The van der Waals surface area contributed by atoms with E-state index in [-0.39, 0.29) is 11.8 Å². The molecule has 0 radical (unpaired) electrons. The number of hydrogen-bond donors (Lipinski definition) is 1. The van der Waals surface area contributed by atoms with E-state index in [4.69, 9.17) is 12.2 Å². The van der Waals surface area contributed by atoms with Crippen LogP contribution in [0.4, 0.5) is 0 Å². The van der Waals surface area contributed by atoms with E-state index in [1.54, 1.807) is 0 Å². The van der Waals surface area contributed by atoms with Crippen LogP contribution in [-0.2, 0) is 11.3 Å². The van der Waals surface area contributed by atoms with Gasteiger partial charge in [-0.3, -0.25) is 14.5 Å². The fourth-order valence-corrected chi connectivity index (χ4v) is 2.51. The molecule has 1 aromatic rings. The van der Waals surface area contributed by atoms with Gasteiger partial charge in [-0.2, -0.15) is 5.10 Å². The molecule has 5 nitrogen and oxygen atoms in total. The summed E-state index contributed by atoms with van der Waals surface area (Å²) in [6.07, 6.45) is 3.45. The molecule has 1 fully saturated rings. The maximum Gasteiger partial charge on any atom is 0.242 e. The molecule has 0 atom stereocenters. The molecule has 0 saturated carbocycles. The van der Waals surface area contributed by atoms with E-state index in [9.17, 15) is 4.79 Å². The van der Waals surface area contributed by atoms with Gasteiger partial charge in [0.05, 0.1) is 0 Å². The van der Waals surface area contributed by atoms with Crippen molar-refractivity contribution in [2.24, 2.45) is 0 Å². The van der Waals surface area contributed by atoms with Crippen LogP contribution in [0.1, 0.15) is 44.9 Å². The molecule has 2 rings (SSSR count). The lowest BCUT2D eigenvalue weighted by Crippen LogP contribution is -2.38. The largest absolute Gasteiger partial charge is 0.341 e. The molecule has 1 aromatic heterocycles. The minimum Gasteiger partial charge on any atom is -0.341 e. The smallest absolute Gasteiger partial charge is 0.242 e. The first kappa shape index (κ1) is 13.3. The van der Waals surface area contributed by atoms with Crippen LogP contribution in [0.15, 0.2) is 0 Å². The summed E-state index contributed by atoms with van der Waals surface area (Å²) in [6.45, 7) is 6.16. The van der Waals surface area contributed by atoms with Crippen LogP contribution in [-0.4, -0.2) is 38.7 Å². The van der Waals surface area contributed by atoms with E-state index in [0.29, 0.717) is 11.3 Å². The summed E-state index contributed by atoms with van der Waals surface area (Å²) in [7, 11) is 0. The van der Waals surface area contributed by atoms with Crippen LogP contribution in [0.5, 0.6) is 0 Å². The predicted octanol–water partition coefficient (Wildman–Crippen LogP) is 2.08. The monoisotopic (exact) mass is 268 g/mol. The highest BCUT2D eigenvalue weighted by molar-refractivity contribution is 7.71. The van der Waals surface area contributed by atoms with Crippen molar-refractivity contribution in [3.63, 3.8) is 0 Å². The molecule has 1 N–H and O–H groups in total. The van der Waals surface area contributed by atoms with Crippen LogP contribution < -0.4 is 0 Å². The molecule has 0 unspecified atom stereocenters. The molecule has 0 aliphatic carbocycles. The number of aromatic amines is 1. The molecule has 0 spiro atoms. The van der Waals surface area contributed by atoms with Gasteiger partial charge in [-0.05, 0) is 31.5 Å². The van der Waals surface area contributed by atoms with Gasteiger partial charge in [-0.25, -0.2) is 0 Å². The Kier molecular flexibility index (Phi) is 4.16. The summed E-state index contributed by atoms with van der Waals surface area (Å²) >= 11 is 5.19. The highest BCUT2D eigenvalue weighted by atomic mass is 32.1. The Hall–Kier alpha value is -1.17. The first-order valence-corrected chi connectivity index (χ1v) is 6.93. The first-order chi connectivity index (χ1) is 8.59. The first-order valence-electron chi connectivity index (χ1n) is 6.52. The van der Waals surface area contributed by atoms with Crippen LogP contribution >= 0.6 is 12.2 Å². The van der Waals surface area contributed by atoms with Gasteiger partial charge in [0.2, 0.25) is 5.91 Å². The SMILES string of the molecule is CC(C)c1n[nH]c(=S)n1CC(=O)N1CCCCC1. The van der Waals surface area contributed by atoms with Crippen molar-refractivity contribution >= 4 is 18.1 Å². The second-order valence-corrected chi connectivity index (χ2v) is 5.46. The molecule has 0 aromatic carbocycles. The van der Waals surface area contributed by atoms with E-state index in [1.165, 1.54) is 6.42 Å². The molecule has 1 saturated heterocycles. The maximum absolute atomic E-state index is 12.2. The second kappa shape index (κ2) is 5.65. The van der Waals surface area contributed by atoms with E-state index in [2.05, 4.69) is 10.2 Å². The van der Waals surface area contributed by atoms with Crippen LogP contribution in [0.3, 0.4) is 0 Å². The quantitative estimate of drug-likeness (QED) is 0.854. The number of carbonyl (C=O) groups excluding carboxylic acids is 1. The van der Waals surface area contributed by atoms with E-state index < -0.39 is 0 Å². The highest BCUT2D eigenvalue weighted by Crippen LogP contribution is 2.13. The second-order valence-electron chi connectivity index (χ2n) is 5.07. The molecule has 2 heterocycles. The predicted molar refractivity (Wildman–Crippen MR) is 71.9 cm³/mol. The fraction of sp³-hybridized carbons (Fsp3) is 0.750. The zero-order chi connectivity index (χ0) is 13.1.